The van der Waals surface area contributed by atoms with Crippen LogP contribution < -0.4 is 25.2 Å². The van der Waals surface area contributed by atoms with Gasteiger partial charge in [0.2, 0.25) is 5.91 Å². The highest BCUT2D eigenvalue weighted by atomic mass is 35.5. The van der Waals surface area contributed by atoms with Crippen molar-refractivity contribution in [1.82, 2.24) is 5.43 Å². The van der Waals surface area contributed by atoms with Gasteiger partial charge in [-0.3, -0.25) is 15.0 Å². The van der Waals surface area contributed by atoms with Crippen LogP contribution in [0.15, 0.2) is 54.2 Å². The maximum Gasteiger partial charge on any atom is 0.273 e. The number of anilines is 2. The van der Waals surface area contributed by atoms with Crippen LogP contribution in [-0.4, -0.2) is 26.0 Å². The summed E-state index contributed by atoms with van der Waals surface area (Å²) in [5.41, 5.74) is 4.17. The van der Waals surface area contributed by atoms with Gasteiger partial charge in [0.25, 0.3) is 5.91 Å². The van der Waals surface area contributed by atoms with Crippen LogP contribution in [0.5, 0.6) is 11.5 Å². The molecule has 2 aromatic rings. The van der Waals surface area contributed by atoms with E-state index in [4.69, 9.17) is 21.1 Å². The van der Waals surface area contributed by atoms with E-state index in [0.717, 1.165) is 0 Å². The van der Waals surface area contributed by atoms with Crippen molar-refractivity contribution in [3.05, 3.63) is 59.3 Å². The molecule has 0 bridgehead atoms. The molecule has 0 atom stereocenters. The first-order valence-electron chi connectivity index (χ1n) is 8.10. The van der Waals surface area contributed by atoms with Crippen molar-refractivity contribution in [2.45, 2.75) is 6.42 Å². The van der Waals surface area contributed by atoms with E-state index < -0.39 is 5.91 Å². The van der Waals surface area contributed by atoms with Crippen molar-refractivity contribution >= 4 is 34.8 Å². The SMILES string of the molecule is COc1ccc(NC(=O)C2=CCC(=O)N(c3ccc(Cl)cc3)N2)c(OC)c1. The Morgan fingerprint density at radius 1 is 1.15 bits per heavy atom. The molecule has 0 radical (unpaired) electrons. The fourth-order valence-corrected chi connectivity index (χ4v) is 2.67. The van der Waals surface area contributed by atoms with Crippen LogP contribution in [0.25, 0.3) is 0 Å². The van der Waals surface area contributed by atoms with E-state index in [1.54, 1.807) is 55.7 Å². The molecular weight excluding hydrogens is 370 g/mol. The average molecular weight is 388 g/mol. The second-order valence-corrected chi connectivity index (χ2v) is 6.10. The number of ether oxygens (including phenoxy) is 2. The first kappa shape index (κ1) is 18.6. The van der Waals surface area contributed by atoms with Gasteiger partial charge in [-0.05, 0) is 42.5 Å². The van der Waals surface area contributed by atoms with Gasteiger partial charge in [-0.25, -0.2) is 5.01 Å². The summed E-state index contributed by atoms with van der Waals surface area (Å²) in [5, 5.41) is 4.64. The first-order valence-corrected chi connectivity index (χ1v) is 8.48. The fourth-order valence-electron chi connectivity index (χ4n) is 2.54. The van der Waals surface area contributed by atoms with Crippen molar-refractivity contribution < 1.29 is 19.1 Å². The molecule has 1 aliphatic heterocycles. The number of rotatable bonds is 5. The Labute approximate surface area is 161 Å². The van der Waals surface area contributed by atoms with Crippen molar-refractivity contribution in [3.63, 3.8) is 0 Å². The molecule has 140 valence electrons. The van der Waals surface area contributed by atoms with Crippen molar-refractivity contribution in [2.75, 3.05) is 24.5 Å². The summed E-state index contributed by atoms with van der Waals surface area (Å²) in [6.45, 7) is 0. The molecule has 1 aliphatic rings. The number of hydrogen-bond donors (Lipinski definition) is 2. The second kappa shape index (κ2) is 8.01. The summed E-state index contributed by atoms with van der Waals surface area (Å²) < 4.78 is 10.4. The lowest BCUT2D eigenvalue weighted by molar-refractivity contribution is -0.119. The predicted molar refractivity (Wildman–Crippen MR) is 103 cm³/mol. The van der Waals surface area contributed by atoms with Gasteiger partial charge in [-0.15, -0.1) is 0 Å². The molecule has 0 fully saturated rings. The minimum atomic E-state index is -0.398. The number of benzene rings is 2. The fraction of sp³-hybridized carbons (Fsp3) is 0.158. The zero-order valence-corrected chi connectivity index (χ0v) is 15.5. The van der Waals surface area contributed by atoms with E-state index in [0.29, 0.717) is 27.9 Å². The van der Waals surface area contributed by atoms with Crippen LogP contribution in [0.4, 0.5) is 11.4 Å². The molecule has 2 N–H and O–H groups in total. The minimum absolute atomic E-state index is 0.0954. The van der Waals surface area contributed by atoms with E-state index in [-0.39, 0.29) is 18.0 Å². The molecule has 0 saturated heterocycles. The number of amides is 2. The number of hydrogen-bond acceptors (Lipinski definition) is 5. The highest BCUT2D eigenvalue weighted by molar-refractivity contribution is 6.30. The lowest BCUT2D eigenvalue weighted by Crippen LogP contribution is -2.47. The van der Waals surface area contributed by atoms with Gasteiger partial charge in [-0.1, -0.05) is 11.6 Å². The number of carbonyl (C=O) groups is 2. The Morgan fingerprint density at radius 2 is 1.89 bits per heavy atom. The third kappa shape index (κ3) is 4.15. The Balaban J connectivity index is 1.77. The van der Waals surface area contributed by atoms with Crippen LogP contribution in [-0.2, 0) is 9.59 Å². The molecule has 2 amide bonds. The number of nitrogens with one attached hydrogen (secondary N) is 2. The van der Waals surface area contributed by atoms with Gasteiger partial charge in [-0.2, -0.15) is 0 Å². The first-order chi connectivity index (χ1) is 13.0. The summed E-state index contributed by atoms with van der Waals surface area (Å²) in [6, 6.07) is 11.8. The van der Waals surface area contributed by atoms with Gasteiger partial charge >= 0.3 is 0 Å². The summed E-state index contributed by atoms with van der Waals surface area (Å²) in [7, 11) is 3.05. The van der Waals surface area contributed by atoms with Crippen LogP contribution in [0.2, 0.25) is 5.02 Å². The zero-order chi connectivity index (χ0) is 19.4. The Bertz CT molecular complexity index is 896. The Kier molecular flexibility index (Phi) is 5.52. The van der Waals surface area contributed by atoms with Crippen molar-refractivity contribution in [2.24, 2.45) is 0 Å². The summed E-state index contributed by atoms with van der Waals surface area (Å²) in [5.74, 6) is 0.491. The number of hydrazine groups is 1. The normalized spacial score (nSPS) is 13.5. The summed E-state index contributed by atoms with van der Waals surface area (Å²) in [4.78, 5) is 24.8. The minimum Gasteiger partial charge on any atom is -0.497 e. The number of carbonyl (C=O) groups excluding carboxylic acids is 2. The molecule has 0 saturated carbocycles. The molecule has 0 aliphatic carbocycles. The Hall–Kier alpha value is -3.19. The highest BCUT2D eigenvalue weighted by Gasteiger charge is 2.24. The average Bonchev–Trinajstić information content (AvgIpc) is 2.69. The second-order valence-electron chi connectivity index (χ2n) is 5.66. The molecule has 1 heterocycles. The number of methoxy groups -OCH3 is 2. The zero-order valence-electron chi connectivity index (χ0n) is 14.8. The molecule has 2 aromatic carbocycles. The van der Waals surface area contributed by atoms with Gasteiger partial charge in [0.1, 0.15) is 17.2 Å². The van der Waals surface area contributed by atoms with Crippen molar-refractivity contribution in [3.8, 4) is 11.5 Å². The Morgan fingerprint density at radius 3 is 2.56 bits per heavy atom. The molecule has 0 aromatic heterocycles. The largest absolute Gasteiger partial charge is 0.497 e. The van der Waals surface area contributed by atoms with Gasteiger partial charge in [0.15, 0.2) is 0 Å². The van der Waals surface area contributed by atoms with E-state index >= 15 is 0 Å². The van der Waals surface area contributed by atoms with Gasteiger partial charge < -0.3 is 14.8 Å². The summed E-state index contributed by atoms with van der Waals surface area (Å²) >= 11 is 5.89. The topological polar surface area (TPSA) is 79.9 Å². The lowest BCUT2D eigenvalue weighted by Gasteiger charge is -2.28. The quantitative estimate of drug-likeness (QED) is 0.824. The molecule has 3 rings (SSSR count). The molecule has 7 nitrogen and oxygen atoms in total. The highest BCUT2D eigenvalue weighted by Crippen LogP contribution is 2.29. The maximum atomic E-state index is 12.6. The summed E-state index contributed by atoms with van der Waals surface area (Å²) in [6.07, 6.45) is 1.64. The van der Waals surface area contributed by atoms with E-state index in [2.05, 4.69) is 10.7 Å². The molecule has 8 heteroatoms. The molecule has 0 spiro atoms. The van der Waals surface area contributed by atoms with Crippen LogP contribution >= 0.6 is 11.6 Å². The molecule has 0 unspecified atom stereocenters. The van der Waals surface area contributed by atoms with E-state index in [1.807, 2.05) is 0 Å². The van der Waals surface area contributed by atoms with Crippen LogP contribution in [0.3, 0.4) is 0 Å². The van der Waals surface area contributed by atoms with Gasteiger partial charge in [0.05, 0.1) is 25.6 Å². The standard InChI is InChI=1S/C19H18ClN3O4/c1-26-14-7-8-15(17(11-14)27-2)21-19(25)16-9-10-18(24)23(22-16)13-5-3-12(20)4-6-13/h3-9,11,22H,10H2,1-2H3,(H,21,25). The predicted octanol–water partition coefficient (Wildman–Crippen LogP) is 3.12. The third-order valence-corrected chi connectivity index (χ3v) is 4.20. The smallest absolute Gasteiger partial charge is 0.273 e. The van der Waals surface area contributed by atoms with E-state index in [9.17, 15) is 9.59 Å². The molecular formula is C19H18ClN3O4. The maximum absolute atomic E-state index is 12.6. The number of nitrogens with zero attached hydrogens (tertiary/aromatic N) is 1. The lowest BCUT2D eigenvalue weighted by atomic mass is 10.2. The van der Waals surface area contributed by atoms with Gasteiger partial charge in [0, 0.05) is 17.5 Å². The van der Waals surface area contributed by atoms with Crippen LogP contribution in [0, 0.1) is 0 Å². The van der Waals surface area contributed by atoms with Crippen molar-refractivity contribution in [1.29, 1.82) is 0 Å². The monoisotopic (exact) mass is 387 g/mol. The van der Waals surface area contributed by atoms with Crippen LogP contribution in [0.1, 0.15) is 6.42 Å². The molecule has 27 heavy (non-hydrogen) atoms. The third-order valence-electron chi connectivity index (χ3n) is 3.95. The van der Waals surface area contributed by atoms with E-state index in [1.165, 1.54) is 12.1 Å². The number of halogens is 1.